The number of aliphatic hydroxyl groups excluding tert-OH is 1. The van der Waals surface area contributed by atoms with Crippen LogP contribution in [0.2, 0.25) is 0 Å². The molecule has 218 valence electrons. The van der Waals surface area contributed by atoms with E-state index in [2.05, 4.69) is 26.2 Å². The summed E-state index contributed by atoms with van der Waals surface area (Å²) in [6, 6.07) is 5.93. The summed E-state index contributed by atoms with van der Waals surface area (Å²) in [7, 11) is 4.77. The molecule has 1 atom stereocenters. The Morgan fingerprint density at radius 1 is 1.05 bits per heavy atom. The first-order valence-electron chi connectivity index (χ1n) is 13.7. The summed E-state index contributed by atoms with van der Waals surface area (Å²) >= 11 is 1.68. The summed E-state index contributed by atoms with van der Waals surface area (Å²) in [5.41, 5.74) is 0.805. The SMILES string of the molecule is COc1cc(-n2cnc(Nc3nc(N4CCC[C@H]4CO)nc4sc(CN5CCOCC5)cc34)c2)cc(OC)c1OC. The van der Waals surface area contributed by atoms with Crippen molar-refractivity contribution < 1.29 is 24.1 Å². The summed E-state index contributed by atoms with van der Waals surface area (Å²) < 4.78 is 23.9. The van der Waals surface area contributed by atoms with E-state index in [1.807, 2.05) is 22.9 Å². The zero-order valence-corrected chi connectivity index (χ0v) is 24.3. The average molecular weight is 582 g/mol. The standard InChI is InChI=1S/C28H35N7O5S/c1-37-22-11-19(12-23(38-2)25(22)39-3)34-15-24(29-17-34)30-26-21-13-20(14-33-7-9-40-10-8-33)41-27(21)32-28(31-26)35-6-4-5-18(35)16-36/h11-13,15,17-18,36H,4-10,14,16H2,1-3H3,(H,30,31,32)/t18-/m0/s1. The van der Waals surface area contributed by atoms with E-state index in [4.69, 9.17) is 28.9 Å². The highest BCUT2D eigenvalue weighted by atomic mass is 32.1. The molecule has 1 aromatic carbocycles. The Morgan fingerprint density at radius 3 is 2.54 bits per heavy atom. The molecule has 0 saturated carbocycles. The number of morpholine rings is 1. The molecule has 2 aliphatic heterocycles. The molecule has 2 saturated heterocycles. The molecule has 3 aromatic heterocycles. The van der Waals surface area contributed by atoms with Gasteiger partial charge in [-0.05, 0) is 18.9 Å². The smallest absolute Gasteiger partial charge is 0.229 e. The van der Waals surface area contributed by atoms with Crippen LogP contribution in [0.5, 0.6) is 17.2 Å². The molecule has 13 heteroatoms. The normalized spacial score (nSPS) is 17.8. The summed E-state index contributed by atoms with van der Waals surface area (Å²) in [6.45, 7) is 5.09. The van der Waals surface area contributed by atoms with E-state index in [9.17, 15) is 5.11 Å². The van der Waals surface area contributed by atoms with E-state index in [0.717, 1.165) is 68.1 Å². The molecular weight excluding hydrogens is 546 g/mol. The second kappa shape index (κ2) is 12.1. The van der Waals surface area contributed by atoms with Crippen LogP contribution in [0.4, 0.5) is 17.6 Å². The van der Waals surface area contributed by atoms with Crippen LogP contribution in [0.1, 0.15) is 17.7 Å². The van der Waals surface area contributed by atoms with Crippen LogP contribution < -0.4 is 24.4 Å². The molecule has 2 aliphatic rings. The maximum atomic E-state index is 9.96. The topological polar surface area (TPSA) is 119 Å². The van der Waals surface area contributed by atoms with Crippen molar-refractivity contribution in [1.29, 1.82) is 0 Å². The number of rotatable bonds is 10. The fourth-order valence-electron chi connectivity index (χ4n) is 5.40. The molecule has 5 heterocycles. The lowest BCUT2D eigenvalue weighted by Crippen LogP contribution is -2.35. The predicted octanol–water partition coefficient (Wildman–Crippen LogP) is 3.44. The van der Waals surface area contributed by atoms with Crippen LogP contribution >= 0.6 is 11.3 Å². The number of aliphatic hydroxyl groups is 1. The Kier molecular flexibility index (Phi) is 8.10. The second-order valence-corrected chi connectivity index (χ2v) is 11.2. The number of nitrogens with zero attached hydrogens (tertiary/aromatic N) is 6. The molecule has 2 N–H and O–H groups in total. The Morgan fingerprint density at radius 2 is 1.83 bits per heavy atom. The minimum atomic E-state index is 0.0207. The van der Waals surface area contributed by atoms with E-state index in [-0.39, 0.29) is 12.6 Å². The molecule has 12 nitrogen and oxygen atoms in total. The third-order valence-corrected chi connectivity index (χ3v) is 8.55. The molecule has 0 unspecified atom stereocenters. The molecule has 0 aliphatic carbocycles. The number of thiophene rings is 1. The Bertz CT molecular complexity index is 1480. The van der Waals surface area contributed by atoms with Gasteiger partial charge in [0.1, 0.15) is 22.8 Å². The van der Waals surface area contributed by atoms with Crippen molar-refractivity contribution in [3.8, 4) is 22.9 Å². The highest BCUT2D eigenvalue weighted by molar-refractivity contribution is 7.18. The van der Waals surface area contributed by atoms with Crippen LogP contribution in [-0.4, -0.2) is 96.4 Å². The van der Waals surface area contributed by atoms with Crippen molar-refractivity contribution in [2.75, 3.05) is 71.0 Å². The molecule has 0 spiro atoms. The van der Waals surface area contributed by atoms with Gasteiger partial charge in [0, 0.05) is 43.2 Å². The minimum absolute atomic E-state index is 0.0207. The maximum Gasteiger partial charge on any atom is 0.229 e. The van der Waals surface area contributed by atoms with Gasteiger partial charge in [-0.2, -0.15) is 4.98 Å². The number of hydrogen-bond donors (Lipinski definition) is 2. The highest BCUT2D eigenvalue weighted by Gasteiger charge is 2.28. The first kappa shape index (κ1) is 27.5. The van der Waals surface area contributed by atoms with Gasteiger partial charge in [0.05, 0.1) is 64.5 Å². The molecular formula is C28H35N7O5S. The van der Waals surface area contributed by atoms with E-state index in [1.165, 1.54) is 4.88 Å². The highest BCUT2D eigenvalue weighted by Crippen LogP contribution is 2.40. The van der Waals surface area contributed by atoms with E-state index in [0.29, 0.717) is 34.8 Å². The van der Waals surface area contributed by atoms with Gasteiger partial charge in [-0.3, -0.25) is 4.90 Å². The van der Waals surface area contributed by atoms with E-state index >= 15 is 0 Å². The monoisotopic (exact) mass is 581 g/mol. The quantitative estimate of drug-likeness (QED) is 0.287. The van der Waals surface area contributed by atoms with Crippen molar-refractivity contribution in [2.45, 2.75) is 25.4 Å². The van der Waals surface area contributed by atoms with Gasteiger partial charge in [0.2, 0.25) is 11.7 Å². The van der Waals surface area contributed by atoms with Gasteiger partial charge in [-0.15, -0.1) is 11.3 Å². The zero-order valence-electron chi connectivity index (χ0n) is 23.5. The van der Waals surface area contributed by atoms with Gasteiger partial charge >= 0.3 is 0 Å². The number of nitrogens with one attached hydrogen (secondary N) is 1. The molecule has 2 fully saturated rings. The van der Waals surface area contributed by atoms with E-state index < -0.39 is 0 Å². The lowest BCUT2D eigenvalue weighted by Gasteiger charge is -2.25. The number of fused-ring (bicyclic) bond motifs is 1. The first-order chi connectivity index (χ1) is 20.1. The first-order valence-corrected chi connectivity index (χ1v) is 14.5. The lowest BCUT2D eigenvalue weighted by atomic mass is 10.2. The molecule has 0 amide bonds. The number of ether oxygens (including phenoxy) is 4. The summed E-state index contributed by atoms with van der Waals surface area (Å²) in [6.07, 6.45) is 5.54. The molecule has 6 rings (SSSR count). The van der Waals surface area contributed by atoms with Crippen molar-refractivity contribution in [3.05, 3.63) is 35.6 Å². The number of methoxy groups -OCH3 is 3. The Hall–Kier alpha value is -3.65. The van der Waals surface area contributed by atoms with Gasteiger partial charge in [-0.1, -0.05) is 0 Å². The molecule has 41 heavy (non-hydrogen) atoms. The van der Waals surface area contributed by atoms with Crippen molar-refractivity contribution >= 4 is 39.1 Å². The zero-order chi connectivity index (χ0) is 28.3. The van der Waals surface area contributed by atoms with Crippen LogP contribution in [0.25, 0.3) is 15.9 Å². The Labute approximate surface area is 242 Å². The summed E-state index contributed by atoms with van der Waals surface area (Å²) in [5.74, 6) is 3.59. The van der Waals surface area contributed by atoms with Crippen LogP contribution in [0, 0.1) is 0 Å². The molecule has 0 bridgehead atoms. The number of aromatic nitrogens is 4. The summed E-state index contributed by atoms with van der Waals surface area (Å²) in [4.78, 5) is 21.2. The fraction of sp³-hybridized carbons (Fsp3) is 0.464. The summed E-state index contributed by atoms with van der Waals surface area (Å²) in [5, 5.41) is 14.3. The van der Waals surface area contributed by atoms with Gasteiger partial charge < -0.3 is 38.8 Å². The van der Waals surface area contributed by atoms with Gasteiger partial charge in [0.25, 0.3) is 0 Å². The fourth-order valence-corrected chi connectivity index (χ4v) is 6.46. The van der Waals surface area contributed by atoms with Crippen LogP contribution in [-0.2, 0) is 11.3 Å². The molecule has 4 aromatic rings. The number of hydrogen-bond acceptors (Lipinski definition) is 12. The largest absolute Gasteiger partial charge is 0.493 e. The van der Waals surface area contributed by atoms with Crippen molar-refractivity contribution in [2.24, 2.45) is 0 Å². The Balaban J connectivity index is 1.34. The van der Waals surface area contributed by atoms with Crippen LogP contribution in [0.3, 0.4) is 0 Å². The number of benzene rings is 1. The number of imidazole rings is 1. The predicted molar refractivity (Wildman–Crippen MR) is 157 cm³/mol. The van der Waals surface area contributed by atoms with E-state index in [1.54, 1.807) is 39.0 Å². The van der Waals surface area contributed by atoms with Crippen molar-refractivity contribution in [3.63, 3.8) is 0 Å². The maximum absolute atomic E-state index is 9.96. The third-order valence-electron chi connectivity index (χ3n) is 7.54. The van der Waals surface area contributed by atoms with Crippen LogP contribution in [0.15, 0.2) is 30.7 Å². The minimum Gasteiger partial charge on any atom is -0.493 e. The third kappa shape index (κ3) is 5.62. The van der Waals surface area contributed by atoms with Gasteiger partial charge in [0.15, 0.2) is 11.5 Å². The molecule has 0 radical (unpaired) electrons. The van der Waals surface area contributed by atoms with Gasteiger partial charge in [-0.25, -0.2) is 9.97 Å². The number of anilines is 3. The lowest BCUT2D eigenvalue weighted by molar-refractivity contribution is 0.0346. The van der Waals surface area contributed by atoms with Crippen molar-refractivity contribution in [1.82, 2.24) is 24.4 Å². The second-order valence-electron chi connectivity index (χ2n) is 10.0. The average Bonchev–Trinajstić information content (AvgIpc) is 3.76.